The van der Waals surface area contributed by atoms with Crippen molar-refractivity contribution in [3.05, 3.63) is 29.3 Å². The quantitative estimate of drug-likeness (QED) is 0.683. The Kier molecular flexibility index (Phi) is 6.74. The second-order valence-corrected chi connectivity index (χ2v) is 8.01. The largest absolute Gasteiger partial charge is 0.481 e. The van der Waals surface area contributed by atoms with Crippen LogP contribution in [-0.4, -0.2) is 45.7 Å². The van der Waals surface area contributed by atoms with Gasteiger partial charge in [-0.25, -0.2) is 17.9 Å². The third-order valence-electron chi connectivity index (χ3n) is 4.41. The number of ether oxygens (including phenoxy) is 2. The molecule has 9 heteroatoms. The van der Waals surface area contributed by atoms with Crippen molar-refractivity contribution in [1.82, 2.24) is 4.72 Å². The van der Waals surface area contributed by atoms with Crippen LogP contribution in [-0.2, 0) is 30.9 Å². The van der Waals surface area contributed by atoms with Gasteiger partial charge in [0.2, 0.25) is 10.0 Å². The Hall–Kier alpha value is -1.97. The summed E-state index contributed by atoms with van der Waals surface area (Å²) in [6.07, 6.45) is 1.77. The molecule has 2 rings (SSSR count). The van der Waals surface area contributed by atoms with Gasteiger partial charge in [0.25, 0.3) is 0 Å². The zero-order chi connectivity index (χ0) is 19.3. The first-order valence-electron chi connectivity index (χ1n) is 8.23. The van der Waals surface area contributed by atoms with Gasteiger partial charge >= 0.3 is 11.9 Å². The summed E-state index contributed by atoms with van der Waals surface area (Å²) in [6, 6.07) is 3.90. The van der Waals surface area contributed by atoms with Crippen molar-refractivity contribution >= 4 is 22.0 Å². The lowest BCUT2D eigenvalue weighted by Gasteiger charge is -2.26. The molecular formula is C17H23NO7S. The summed E-state index contributed by atoms with van der Waals surface area (Å²) in [5.74, 6) is -1.91. The molecule has 1 aliphatic carbocycles. The summed E-state index contributed by atoms with van der Waals surface area (Å²) in [5.41, 5.74) is 0.655. The van der Waals surface area contributed by atoms with Gasteiger partial charge < -0.3 is 14.6 Å². The maximum Gasteiger partial charge on any atom is 0.337 e. The number of methoxy groups -OCH3 is 2. The highest BCUT2D eigenvalue weighted by Gasteiger charge is 2.29. The van der Waals surface area contributed by atoms with Crippen molar-refractivity contribution in [2.24, 2.45) is 5.92 Å². The number of nitrogens with one attached hydrogen (secondary N) is 1. The van der Waals surface area contributed by atoms with E-state index in [1.165, 1.54) is 32.4 Å². The van der Waals surface area contributed by atoms with Gasteiger partial charge in [-0.05, 0) is 49.4 Å². The van der Waals surface area contributed by atoms with Crippen LogP contribution in [0, 0.1) is 5.92 Å². The van der Waals surface area contributed by atoms with Crippen LogP contribution >= 0.6 is 0 Å². The van der Waals surface area contributed by atoms with E-state index in [1.807, 2.05) is 0 Å². The number of esters is 1. The highest BCUT2D eigenvalue weighted by Crippen LogP contribution is 2.26. The van der Waals surface area contributed by atoms with Crippen molar-refractivity contribution in [3.8, 4) is 0 Å². The lowest BCUT2D eigenvalue weighted by atomic mass is 9.87. The Morgan fingerprint density at radius 3 is 2.35 bits per heavy atom. The van der Waals surface area contributed by atoms with Gasteiger partial charge in [-0.1, -0.05) is 0 Å². The molecule has 8 nitrogen and oxygen atoms in total. The molecule has 0 saturated heterocycles. The fourth-order valence-corrected chi connectivity index (χ4v) is 4.45. The van der Waals surface area contributed by atoms with E-state index in [-0.39, 0.29) is 23.1 Å². The Balaban J connectivity index is 2.21. The van der Waals surface area contributed by atoms with Gasteiger partial charge in [0, 0.05) is 13.2 Å². The number of sulfonamides is 1. The molecule has 2 N–H and O–H groups in total. The fourth-order valence-electron chi connectivity index (χ4n) is 3.05. The van der Waals surface area contributed by atoms with Crippen molar-refractivity contribution < 1.29 is 32.6 Å². The van der Waals surface area contributed by atoms with Gasteiger partial charge in [0.15, 0.2) is 0 Å². The summed E-state index contributed by atoms with van der Waals surface area (Å²) < 4.78 is 37.7. The summed E-state index contributed by atoms with van der Waals surface area (Å²) in [5, 5.41) is 9.03. The Labute approximate surface area is 152 Å². The molecule has 26 heavy (non-hydrogen) atoms. The third kappa shape index (κ3) is 5.03. The van der Waals surface area contributed by atoms with Gasteiger partial charge in [0.1, 0.15) is 0 Å². The van der Waals surface area contributed by atoms with E-state index in [0.717, 1.165) is 0 Å². The molecule has 0 aromatic heterocycles. The van der Waals surface area contributed by atoms with E-state index in [4.69, 9.17) is 9.84 Å². The number of hydrogen-bond acceptors (Lipinski definition) is 6. The lowest BCUT2D eigenvalue weighted by molar-refractivity contribution is -0.142. The molecule has 0 bridgehead atoms. The number of carboxylic acids is 1. The smallest absolute Gasteiger partial charge is 0.337 e. The number of carbonyl (C=O) groups is 2. The van der Waals surface area contributed by atoms with E-state index in [0.29, 0.717) is 31.2 Å². The predicted octanol–water partition coefficient (Wildman–Crippen LogP) is 1.54. The summed E-state index contributed by atoms with van der Waals surface area (Å²) >= 11 is 0. The number of rotatable bonds is 7. The van der Waals surface area contributed by atoms with Gasteiger partial charge in [0.05, 0.1) is 30.1 Å². The van der Waals surface area contributed by atoms with E-state index in [2.05, 4.69) is 9.46 Å². The Morgan fingerprint density at radius 2 is 1.81 bits per heavy atom. The molecule has 1 aliphatic rings. The first-order valence-corrected chi connectivity index (χ1v) is 9.71. The number of hydrogen-bond donors (Lipinski definition) is 2. The second-order valence-electron chi connectivity index (χ2n) is 6.30. The van der Waals surface area contributed by atoms with Crippen LogP contribution in [0.25, 0.3) is 0 Å². The average molecular weight is 385 g/mol. The normalized spacial score (nSPS) is 20.5. The molecule has 144 valence electrons. The minimum Gasteiger partial charge on any atom is -0.481 e. The molecule has 0 heterocycles. The SMILES string of the molecule is COCc1cc(C(=O)OC)cc(S(=O)(=O)NC2CCC(C(=O)O)CC2)c1. The predicted molar refractivity (Wildman–Crippen MR) is 92.2 cm³/mol. The molecule has 0 unspecified atom stereocenters. The summed E-state index contributed by atoms with van der Waals surface area (Å²) in [6.45, 7) is 0.150. The van der Waals surface area contributed by atoms with Crippen molar-refractivity contribution in [3.63, 3.8) is 0 Å². The van der Waals surface area contributed by atoms with E-state index in [1.54, 1.807) is 0 Å². The first-order chi connectivity index (χ1) is 12.3. The molecule has 0 aliphatic heterocycles. The minimum absolute atomic E-state index is 0.0483. The lowest BCUT2D eigenvalue weighted by Crippen LogP contribution is -2.38. The van der Waals surface area contributed by atoms with Crippen LogP contribution in [0.1, 0.15) is 41.6 Å². The van der Waals surface area contributed by atoms with Crippen LogP contribution in [0.2, 0.25) is 0 Å². The van der Waals surface area contributed by atoms with Crippen LogP contribution in [0.5, 0.6) is 0 Å². The topological polar surface area (TPSA) is 119 Å². The molecule has 1 aromatic carbocycles. The zero-order valence-corrected chi connectivity index (χ0v) is 15.5. The second kappa shape index (κ2) is 8.61. The highest BCUT2D eigenvalue weighted by atomic mass is 32.2. The highest BCUT2D eigenvalue weighted by molar-refractivity contribution is 7.89. The number of carbonyl (C=O) groups excluding carboxylic acids is 1. The maximum atomic E-state index is 12.7. The molecule has 1 saturated carbocycles. The van der Waals surface area contributed by atoms with Gasteiger partial charge in [-0.3, -0.25) is 4.79 Å². The summed E-state index contributed by atoms with van der Waals surface area (Å²) in [4.78, 5) is 22.8. The first kappa shape index (κ1) is 20.3. The monoisotopic (exact) mass is 385 g/mol. The molecule has 0 radical (unpaired) electrons. The van der Waals surface area contributed by atoms with E-state index >= 15 is 0 Å². The number of benzene rings is 1. The molecule has 1 fully saturated rings. The van der Waals surface area contributed by atoms with Crippen molar-refractivity contribution in [1.29, 1.82) is 0 Å². The number of carboxylic acid groups (broad SMARTS) is 1. The van der Waals surface area contributed by atoms with Crippen molar-refractivity contribution in [2.45, 2.75) is 43.2 Å². The minimum atomic E-state index is -3.86. The van der Waals surface area contributed by atoms with Crippen LogP contribution < -0.4 is 4.72 Å². The molecule has 1 aromatic rings. The maximum absolute atomic E-state index is 12.7. The van der Waals surface area contributed by atoms with Crippen LogP contribution in [0.3, 0.4) is 0 Å². The summed E-state index contributed by atoms with van der Waals surface area (Å²) in [7, 11) is -1.17. The molecule has 0 amide bonds. The molecule has 0 atom stereocenters. The van der Waals surface area contributed by atoms with Crippen LogP contribution in [0.15, 0.2) is 23.1 Å². The van der Waals surface area contributed by atoms with Crippen molar-refractivity contribution in [2.75, 3.05) is 14.2 Å². The standard InChI is InChI=1S/C17H23NO7S/c1-24-10-11-7-13(17(21)25-2)9-15(8-11)26(22,23)18-14-5-3-12(4-6-14)16(19)20/h7-9,12,14,18H,3-6,10H2,1-2H3,(H,19,20). The third-order valence-corrected chi connectivity index (χ3v) is 5.91. The van der Waals surface area contributed by atoms with Crippen LogP contribution in [0.4, 0.5) is 0 Å². The number of aliphatic carboxylic acids is 1. The van der Waals surface area contributed by atoms with Gasteiger partial charge in [-0.15, -0.1) is 0 Å². The fraction of sp³-hybridized carbons (Fsp3) is 0.529. The zero-order valence-electron chi connectivity index (χ0n) is 14.7. The van der Waals surface area contributed by atoms with E-state index in [9.17, 15) is 18.0 Å². The van der Waals surface area contributed by atoms with Gasteiger partial charge in [-0.2, -0.15) is 0 Å². The average Bonchev–Trinajstić information content (AvgIpc) is 2.61. The Bertz CT molecular complexity index is 767. The Morgan fingerprint density at radius 1 is 1.15 bits per heavy atom. The molecule has 0 spiro atoms. The molecular weight excluding hydrogens is 362 g/mol. The van der Waals surface area contributed by atoms with E-state index < -0.39 is 27.9 Å².